The van der Waals surface area contributed by atoms with Crippen LogP contribution >= 0.6 is 0 Å². The molecule has 3 rings (SSSR count). The fraction of sp³-hybridized carbons (Fsp3) is 0.350. The molecule has 0 aliphatic carbocycles. The van der Waals surface area contributed by atoms with E-state index in [0.717, 1.165) is 5.56 Å². The lowest BCUT2D eigenvalue weighted by Crippen LogP contribution is -2.41. The van der Waals surface area contributed by atoms with E-state index >= 15 is 0 Å². The molecule has 150 valence electrons. The molecule has 1 amide bonds. The van der Waals surface area contributed by atoms with Crippen molar-refractivity contribution in [1.29, 1.82) is 0 Å². The van der Waals surface area contributed by atoms with Gasteiger partial charge in [-0.25, -0.2) is 13.1 Å². The largest absolute Gasteiger partial charge is 0.497 e. The Morgan fingerprint density at radius 1 is 1.21 bits per heavy atom. The van der Waals surface area contributed by atoms with Crippen LogP contribution in [0.4, 0.5) is 0 Å². The molecule has 0 saturated carbocycles. The van der Waals surface area contributed by atoms with Gasteiger partial charge in [0.25, 0.3) is 5.91 Å². The summed E-state index contributed by atoms with van der Waals surface area (Å²) in [5.41, 5.74) is 0.650. The van der Waals surface area contributed by atoms with Crippen molar-refractivity contribution in [3.8, 4) is 11.5 Å². The normalized spacial score (nSPS) is 17.9. The van der Waals surface area contributed by atoms with Gasteiger partial charge in [0.05, 0.1) is 18.0 Å². The molecule has 1 aliphatic rings. The van der Waals surface area contributed by atoms with Crippen LogP contribution in [0.25, 0.3) is 0 Å². The first-order valence-corrected chi connectivity index (χ1v) is 10.3. The molecular weight excluding hydrogens is 380 g/mol. The molecule has 1 aliphatic heterocycles. The second-order valence-corrected chi connectivity index (χ2v) is 9.12. The van der Waals surface area contributed by atoms with Crippen LogP contribution in [-0.4, -0.2) is 34.1 Å². The van der Waals surface area contributed by atoms with Gasteiger partial charge in [-0.1, -0.05) is 6.07 Å². The molecular formula is C20H24N2O5S. The summed E-state index contributed by atoms with van der Waals surface area (Å²) in [5, 5.41) is 3.01. The molecule has 2 N–H and O–H groups in total. The number of carbonyl (C=O) groups excluding carboxylic acids is 1. The molecule has 0 bridgehead atoms. The molecule has 1 unspecified atom stereocenters. The van der Waals surface area contributed by atoms with E-state index in [4.69, 9.17) is 9.47 Å². The van der Waals surface area contributed by atoms with Crippen molar-refractivity contribution in [2.75, 3.05) is 14.2 Å². The molecule has 0 aromatic heterocycles. The third-order valence-corrected chi connectivity index (χ3v) is 6.07. The Hall–Kier alpha value is -2.58. The lowest BCUT2D eigenvalue weighted by atomic mass is 9.89. The molecule has 8 heteroatoms. The average molecular weight is 404 g/mol. The summed E-state index contributed by atoms with van der Waals surface area (Å²) in [6.07, 6.45) is 0.576. The number of carbonyl (C=O) groups is 1. The van der Waals surface area contributed by atoms with Gasteiger partial charge in [0, 0.05) is 23.6 Å². The Morgan fingerprint density at radius 2 is 1.96 bits per heavy atom. The Kier molecular flexibility index (Phi) is 5.36. The average Bonchev–Trinajstić information content (AvgIpc) is 2.66. The number of hydrogen-bond donors (Lipinski definition) is 2. The highest BCUT2D eigenvalue weighted by Gasteiger charge is 2.35. The van der Waals surface area contributed by atoms with Gasteiger partial charge < -0.3 is 14.8 Å². The Balaban J connectivity index is 1.90. The van der Waals surface area contributed by atoms with Gasteiger partial charge in [0.15, 0.2) is 0 Å². The first-order valence-electron chi connectivity index (χ1n) is 8.86. The van der Waals surface area contributed by atoms with Gasteiger partial charge in [-0.3, -0.25) is 4.79 Å². The third-order valence-electron chi connectivity index (χ3n) is 4.66. The van der Waals surface area contributed by atoms with E-state index in [2.05, 4.69) is 10.0 Å². The van der Waals surface area contributed by atoms with Crippen molar-refractivity contribution in [3.63, 3.8) is 0 Å². The van der Waals surface area contributed by atoms with Crippen LogP contribution in [-0.2, 0) is 10.0 Å². The number of sulfonamides is 1. The van der Waals surface area contributed by atoms with E-state index < -0.39 is 15.6 Å². The van der Waals surface area contributed by atoms with Gasteiger partial charge in [-0.2, -0.15) is 0 Å². The van der Waals surface area contributed by atoms with Crippen molar-refractivity contribution >= 4 is 15.9 Å². The maximum absolute atomic E-state index is 12.8. The van der Waals surface area contributed by atoms with E-state index in [1.807, 2.05) is 26.0 Å². The van der Waals surface area contributed by atoms with Gasteiger partial charge in [0.1, 0.15) is 17.1 Å². The fourth-order valence-corrected chi connectivity index (χ4v) is 4.03. The smallest absolute Gasteiger partial charge is 0.251 e. The van der Waals surface area contributed by atoms with Gasteiger partial charge in [0.2, 0.25) is 10.0 Å². The van der Waals surface area contributed by atoms with Crippen LogP contribution in [0.5, 0.6) is 11.5 Å². The highest BCUT2D eigenvalue weighted by Crippen LogP contribution is 2.41. The van der Waals surface area contributed by atoms with Crippen molar-refractivity contribution < 1.29 is 22.7 Å². The number of benzene rings is 2. The van der Waals surface area contributed by atoms with Crippen molar-refractivity contribution in [2.24, 2.45) is 0 Å². The summed E-state index contributed by atoms with van der Waals surface area (Å²) in [6.45, 7) is 3.91. The maximum Gasteiger partial charge on any atom is 0.251 e. The first kappa shape index (κ1) is 20.2. The van der Waals surface area contributed by atoms with Crippen LogP contribution in [0.3, 0.4) is 0 Å². The van der Waals surface area contributed by atoms with Gasteiger partial charge in [-0.15, -0.1) is 0 Å². The third kappa shape index (κ3) is 4.13. The monoisotopic (exact) mass is 404 g/mol. The summed E-state index contributed by atoms with van der Waals surface area (Å²) in [6, 6.07) is 11.2. The van der Waals surface area contributed by atoms with E-state index in [9.17, 15) is 13.2 Å². The highest BCUT2D eigenvalue weighted by molar-refractivity contribution is 7.89. The quantitative estimate of drug-likeness (QED) is 0.799. The minimum absolute atomic E-state index is 0.0418. The number of hydrogen-bond acceptors (Lipinski definition) is 5. The minimum atomic E-state index is -3.63. The Bertz CT molecular complexity index is 1000. The van der Waals surface area contributed by atoms with Gasteiger partial charge in [-0.05, 0) is 51.2 Å². The molecule has 2 aromatic carbocycles. The zero-order valence-electron chi connectivity index (χ0n) is 16.3. The molecule has 7 nitrogen and oxygen atoms in total. The SMILES string of the molecule is CNS(=O)(=O)c1cccc(C(=O)NC2CC(C)(C)Oc3cc(OC)ccc32)c1. The van der Waals surface area contributed by atoms with Crippen LogP contribution < -0.4 is 19.5 Å². The Labute approximate surface area is 165 Å². The van der Waals surface area contributed by atoms with Crippen molar-refractivity contribution in [2.45, 2.75) is 36.8 Å². The van der Waals surface area contributed by atoms with Crippen LogP contribution in [0, 0.1) is 0 Å². The maximum atomic E-state index is 12.8. The lowest BCUT2D eigenvalue weighted by Gasteiger charge is -2.38. The molecule has 0 fully saturated rings. The van der Waals surface area contributed by atoms with E-state index in [-0.39, 0.29) is 22.4 Å². The molecule has 1 atom stereocenters. The number of fused-ring (bicyclic) bond motifs is 1. The van der Waals surface area contributed by atoms with Crippen LogP contribution in [0.1, 0.15) is 42.2 Å². The number of amides is 1. The zero-order valence-corrected chi connectivity index (χ0v) is 17.1. The van der Waals surface area contributed by atoms with E-state index in [1.165, 1.54) is 19.2 Å². The standard InChI is InChI=1S/C20H24N2O5S/c1-20(2)12-17(16-9-8-14(26-4)11-18(16)27-20)22-19(23)13-6-5-7-15(10-13)28(24,25)21-3/h5-11,17,21H,12H2,1-4H3,(H,22,23). The highest BCUT2D eigenvalue weighted by atomic mass is 32.2. The summed E-state index contributed by atoms with van der Waals surface area (Å²) in [7, 11) is -0.711. The number of rotatable bonds is 5. The van der Waals surface area contributed by atoms with Crippen LogP contribution in [0.15, 0.2) is 47.4 Å². The summed E-state index contributed by atoms with van der Waals surface area (Å²) in [4.78, 5) is 12.9. The zero-order chi connectivity index (χ0) is 20.5. The Morgan fingerprint density at radius 3 is 2.64 bits per heavy atom. The second kappa shape index (κ2) is 7.44. The van der Waals surface area contributed by atoms with E-state index in [0.29, 0.717) is 17.9 Å². The first-order chi connectivity index (χ1) is 13.1. The topological polar surface area (TPSA) is 93.7 Å². The van der Waals surface area contributed by atoms with Crippen molar-refractivity contribution in [1.82, 2.24) is 10.0 Å². The number of ether oxygens (including phenoxy) is 2. The van der Waals surface area contributed by atoms with Crippen LogP contribution in [0.2, 0.25) is 0 Å². The predicted octanol–water partition coefficient (Wildman–Crippen LogP) is 2.64. The molecule has 1 heterocycles. The summed E-state index contributed by atoms with van der Waals surface area (Å²) in [5.74, 6) is 0.983. The number of methoxy groups -OCH3 is 1. The second-order valence-electron chi connectivity index (χ2n) is 7.23. The van der Waals surface area contributed by atoms with Crippen molar-refractivity contribution in [3.05, 3.63) is 53.6 Å². The predicted molar refractivity (Wildman–Crippen MR) is 105 cm³/mol. The van der Waals surface area contributed by atoms with E-state index in [1.54, 1.807) is 25.3 Å². The molecule has 0 saturated heterocycles. The lowest BCUT2D eigenvalue weighted by molar-refractivity contribution is 0.0617. The minimum Gasteiger partial charge on any atom is -0.497 e. The summed E-state index contributed by atoms with van der Waals surface area (Å²) < 4.78 is 37.6. The molecule has 0 radical (unpaired) electrons. The molecule has 28 heavy (non-hydrogen) atoms. The molecule has 2 aromatic rings. The fourth-order valence-electron chi connectivity index (χ4n) is 3.25. The number of nitrogens with one attached hydrogen (secondary N) is 2. The van der Waals surface area contributed by atoms with Gasteiger partial charge >= 0.3 is 0 Å². The summed E-state index contributed by atoms with van der Waals surface area (Å²) >= 11 is 0. The molecule has 0 spiro atoms.